The predicted molar refractivity (Wildman–Crippen MR) is 69.2 cm³/mol. The van der Waals surface area contributed by atoms with Gasteiger partial charge in [-0.2, -0.15) is 11.8 Å². The minimum atomic E-state index is -0.767. The molecule has 0 aliphatic carbocycles. The molecule has 92 valence electrons. The zero-order chi connectivity index (χ0) is 12.3. The van der Waals surface area contributed by atoms with Crippen LogP contribution in [0.15, 0.2) is 12.7 Å². The maximum Gasteiger partial charge on any atom is 0.182 e. The molecule has 0 aliphatic rings. The minimum Gasteiger partial charge on any atom is -0.387 e. The van der Waals surface area contributed by atoms with Gasteiger partial charge in [-0.15, -0.1) is 0 Å². The largest absolute Gasteiger partial charge is 0.387 e. The molecule has 0 amide bonds. The van der Waals surface area contributed by atoms with Crippen molar-refractivity contribution in [3.63, 3.8) is 0 Å². The van der Waals surface area contributed by atoms with Crippen molar-refractivity contribution in [1.82, 2.24) is 19.9 Å². The fraction of sp³-hybridized carbons (Fsp3) is 0.500. The van der Waals surface area contributed by atoms with Crippen LogP contribution in [0.25, 0.3) is 11.2 Å². The molecule has 6 nitrogen and oxygen atoms in total. The fourth-order valence-corrected chi connectivity index (χ4v) is 2.26. The van der Waals surface area contributed by atoms with Gasteiger partial charge in [0.1, 0.15) is 11.8 Å². The number of imidazole rings is 1. The van der Waals surface area contributed by atoms with E-state index in [1.54, 1.807) is 25.0 Å². The summed E-state index contributed by atoms with van der Waals surface area (Å²) in [6, 6.07) is 0. The van der Waals surface area contributed by atoms with Crippen molar-refractivity contribution in [2.75, 3.05) is 23.9 Å². The summed E-state index contributed by atoms with van der Waals surface area (Å²) in [7, 11) is 0. The predicted octanol–water partition coefficient (Wildman–Crippen LogP) is 0.879. The molecule has 2 aromatic heterocycles. The molecule has 2 rings (SSSR count). The van der Waals surface area contributed by atoms with Gasteiger partial charge in [0.15, 0.2) is 11.5 Å². The highest BCUT2D eigenvalue weighted by Gasteiger charge is 2.20. The molecule has 1 atom stereocenters. The second-order valence-corrected chi connectivity index (χ2v) is 4.97. The first-order valence-corrected chi connectivity index (χ1v) is 6.61. The molecule has 2 aromatic rings. The number of hydrogen-bond donors (Lipinski definition) is 3. The first kappa shape index (κ1) is 12.1. The van der Waals surface area contributed by atoms with Crippen LogP contribution in [0, 0.1) is 0 Å². The summed E-state index contributed by atoms with van der Waals surface area (Å²) in [4.78, 5) is 15.2. The zero-order valence-electron chi connectivity index (χ0n) is 9.77. The molecule has 7 heteroatoms. The monoisotopic (exact) mass is 253 g/mol. The third-order valence-electron chi connectivity index (χ3n) is 2.31. The zero-order valence-corrected chi connectivity index (χ0v) is 10.6. The molecule has 0 spiro atoms. The number of fused-ring (bicyclic) bond motifs is 1. The van der Waals surface area contributed by atoms with Crippen LogP contribution < -0.4 is 5.32 Å². The third-order valence-corrected chi connectivity index (χ3v) is 3.23. The summed E-state index contributed by atoms with van der Waals surface area (Å²) in [5.74, 6) is 1.32. The standard InChI is InChI=1S/C10H15N5OS/c1-10(16,4-17-2)3-11-8-7-9(13-5-12-7)15-6-14-8/h5-6,16H,3-4H2,1-2H3,(H2,11,12,13,14,15). The Labute approximate surface area is 103 Å². The summed E-state index contributed by atoms with van der Waals surface area (Å²) in [6.45, 7) is 2.22. The molecule has 3 N–H and O–H groups in total. The summed E-state index contributed by atoms with van der Waals surface area (Å²) in [5.41, 5.74) is 0.607. The van der Waals surface area contributed by atoms with Crippen LogP contribution in [0.2, 0.25) is 0 Å². The van der Waals surface area contributed by atoms with Gasteiger partial charge in [-0.3, -0.25) is 0 Å². The summed E-state index contributed by atoms with van der Waals surface area (Å²) in [5, 5.41) is 13.2. The van der Waals surface area contributed by atoms with Gasteiger partial charge in [0, 0.05) is 12.3 Å². The van der Waals surface area contributed by atoms with Crippen LogP contribution in [0.1, 0.15) is 6.92 Å². The second-order valence-electron chi connectivity index (χ2n) is 4.11. The minimum absolute atomic E-state index is 0.430. The molecule has 0 fully saturated rings. The Bertz CT molecular complexity index is 498. The van der Waals surface area contributed by atoms with Crippen LogP contribution in [-0.2, 0) is 0 Å². The van der Waals surface area contributed by atoms with E-state index in [0.29, 0.717) is 23.8 Å². The van der Waals surface area contributed by atoms with Crippen molar-refractivity contribution >= 4 is 28.7 Å². The molecular formula is C10H15N5OS. The molecule has 0 radical (unpaired) electrons. The van der Waals surface area contributed by atoms with E-state index >= 15 is 0 Å². The van der Waals surface area contributed by atoms with Crippen molar-refractivity contribution in [3.05, 3.63) is 12.7 Å². The van der Waals surface area contributed by atoms with Crippen molar-refractivity contribution in [3.8, 4) is 0 Å². The molecule has 0 aromatic carbocycles. The first-order valence-electron chi connectivity index (χ1n) is 5.22. The average molecular weight is 253 g/mol. The van der Waals surface area contributed by atoms with Gasteiger partial charge >= 0.3 is 0 Å². The molecule has 0 bridgehead atoms. The normalized spacial score (nSPS) is 14.8. The van der Waals surface area contributed by atoms with Gasteiger partial charge in [0.25, 0.3) is 0 Å². The van der Waals surface area contributed by atoms with Gasteiger partial charge in [-0.25, -0.2) is 15.0 Å². The number of rotatable bonds is 5. The van der Waals surface area contributed by atoms with Crippen molar-refractivity contribution < 1.29 is 5.11 Å². The van der Waals surface area contributed by atoms with E-state index in [1.165, 1.54) is 6.33 Å². The Morgan fingerprint density at radius 1 is 1.47 bits per heavy atom. The van der Waals surface area contributed by atoms with Gasteiger partial charge in [0.05, 0.1) is 11.9 Å². The van der Waals surface area contributed by atoms with Crippen LogP contribution in [-0.4, -0.2) is 49.2 Å². The lowest BCUT2D eigenvalue weighted by Gasteiger charge is -2.22. The Balaban J connectivity index is 2.11. The van der Waals surface area contributed by atoms with Crippen LogP contribution in [0.3, 0.4) is 0 Å². The van der Waals surface area contributed by atoms with Gasteiger partial charge < -0.3 is 15.4 Å². The molecule has 0 aliphatic heterocycles. The highest BCUT2D eigenvalue weighted by atomic mass is 32.2. The van der Waals surface area contributed by atoms with E-state index in [-0.39, 0.29) is 0 Å². The van der Waals surface area contributed by atoms with E-state index < -0.39 is 5.60 Å². The topological polar surface area (TPSA) is 86.7 Å². The highest BCUT2D eigenvalue weighted by molar-refractivity contribution is 7.98. The van der Waals surface area contributed by atoms with Gasteiger partial charge in [-0.05, 0) is 13.2 Å². The lowest BCUT2D eigenvalue weighted by Crippen LogP contribution is -2.36. The smallest absolute Gasteiger partial charge is 0.182 e. The Hall–Kier alpha value is -1.34. The van der Waals surface area contributed by atoms with E-state index in [1.807, 2.05) is 6.26 Å². The maximum atomic E-state index is 10.0. The molecule has 0 saturated heterocycles. The van der Waals surface area contributed by atoms with Gasteiger partial charge in [-0.1, -0.05) is 0 Å². The van der Waals surface area contributed by atoms with Crippen molar-refractivity contribution in [2.45, 2.75) is 12.5 Å². The molecular weight excluding hydrogens is 238 g/mol. The number of nitrogens with zero attached hydrogens (tertiary/aromatic N) is 3. The fourth-order valence-electron chi connectivity index (χ4n) is 1.54. The quantitative estimate of drug-likeness (QED) is 0.733. The second kappa shape index (κ2) is 4.89. The lowest BCUT2D eigenvalue weighted by atomic mass is 10.1. The number of nitrogens with one attached hydrogen (secondary N) is 2. The van der Waals surface area contributed by atoms with Crippen molar-refractivity contribution in [1.29, 1.82) is 0 Å². The van der Waals surface area contributed by atoms with Crippen molar-refractivity contribution in [2.24, 2.45) is 0 Å². The summed E-state index contributed by atoms with van der Waals surface area (Å²) in [6.07, 6.45) is 4.99. The van der Waals surface area contributed by atoms with E-state index in [2.05, 4.69) is 25.3 Å². The SMILES string of the molecule is CSCC(C)(O)CNc1ncnc2nc[nH]c12. The number of aromatic amines is 1. The number of hydrogen-bond acceptors (Lipinski definition) is 6. The van der Waals surface area contributed by atoms with E-state index in [9.17, 15) is 5.11 Å². The van der Waals surface area contributed by atoms with Crippen LogP contribution in [0.5, 0.6) is 0 Å². The molecule has 17 heavy (non-hydrogen) atoms. The maximum absolute atomic E-state index is 10.0. The lowest BCUT2D eigenvalue weighted by molar-refractivity contribution is 0.0996. The van der Waals surface area contributed by atoms with Crippen LogP contribution >= 0.6 is 11.8 Å². The highest BCUT2D eigenvalue weighted by Crippen LogP contribution is 2.16. The molecule has 0 saturated carbocycles. The number of thioether (sulfide) groups is 1. The number of H-pyrrole nitrogens is 1. The van der Waals surface area contributed by atoms with Crippen LogP contribution in [0.4, 0.5) is 5.82 Å². The number of anilines is 1. The molecule has 1 unspecified atom stereocenters. The van der Waals surface area contributed by atoms with E-state index in [4.69, 9.17) is 0 Å². The number of aliphatic hydroxyl groups is 1. The van der Waals surface area contributed by atoms with E-state index in [0.717, 1.165) is 5.52 Å². The third kappa shape index (κ3) is 2.86. The summed E-state index contributed by atoms with van der Waals surface area (Å²) < 4.78 is 0. The van der Waals surface area contributed by atoms with Gasteiger partial charge in [0.2, 0.25) is 0 Å². The first-order chi connectivity index (χ1) is 8.12. The Kier molecular flexibility index (Phi) is 3.49. The Morgan fingerprint density at radius 3 is 3.06 bits per heavy atom. The molecule has 2 heterocycles. The Morgan fingerprint density at radius 2 is 2.29 bits per heavy atom. The number of aromatic nitrogens is 4. The summed E-state index contributed by atoms with van der Waals surface area (Å²) >= 11 is 1.61. The average Bonchev–Trinajstić information content (AvgIpc) is 2.74.